The van der Waals surface area contributed by atoms with Crippen molar-refractivity contribution in [3.63, 3.8) is 0 Å². The minimum atomic E-state index is -0.117. The average molecular weight is 294 g/mol. The number of carbonyl (C=O) groups is 1. The predicted molar refractivity (Wildman–Crippen MR) is 85.7 cm³/mol. The van der Waals surface area contributed by atoms with E-state index in [1.807, 2.05) is 43.3 Å². The fourth-order valence-electron chi connectivity index (χ4n) is 2.88. The second-order valence-electron chi connectivity index (χ2n) is 5.50. The number of phenolic OH excluding ortho intramolecular Hbond substituents is 1. The fraction of sp³-hybridized carbons (Fsp3) is 0.222. The smallest absolute Gasteiger partial charge is 0.240 e. The number of rotatable bonds is 2. The molecule has 0 saturated carbocycles. The zero-order chi connectivity index (χ0) is 15.7. The molecule has 4 nitrogen and oxygen atoms in total. The predicted octanol–water partition coefficient (Wildman–Crippen LogP) is 3.40. The Morgan fingerprint density at radius 1 is 1.18 bits per heavy atom. The van der Waals surface area contributed by atoms with Gasteiger partial charge in [-0.1, -0.05) is 36.4 Å². The van der Waals surface area contributed by atoms with Crippen LogP contribution in [0.15, 0.2) is 53.6 Å². The maximum Gasteiger partial charge on any atom is 0.240 e. The summed E-state index contributed by atoms with van der Waals surface area (Å²) in [7, 11) is 0. The highest BCUT2D eigenvalue weighted by molar-refractivity contribution is 6.05. The Bertz CT molecular complexity index is 752. The summed E-state index contributed by atoms with van der Waals surface area (Å²) in [6.07, 6.45) is 0.599. The first-order chi connectivity index (χ1) is 10.6. The van der Waals surface area contributed by atoms with Crippen LogP contribution in [0.25, 0.3) is 0 Å². The Morgan fingerprint density at radius 3 is 2.55 bits per heavy atom. The van der Waals surface area contributed by atoms with Crippen LogP contribution in [0.4, 0.5) is 0 Å². The molecule has 3 rings (SSSR count). The monoisotopic (exact) mass is 294 g/mol. The molecule has 4 heteroatoms. The summed E-state index contributed by atoms with van der Waals surface area (Å²) >= 11 is 0. The second kappa shape index (κ2) is 5.64. The quantitative estimate of drug-likeness (QED) is 0.923. The summed E-state index contributed by atoms with van der Waals surface area (Å²) in [5.74, 6) is 0.0915. The molecule has 0 saturated heterocycles. The van der Waals surface area contributed by atoms with Crippen LogP contribution in [0.5, 0.6) is 5.75 Å². The van der Waals surface area contributed by atoms with Crippen molar-refractivity contribution in [1.82, 2.24) is 5.01 Å². The molecule has 1 heterocycles. The van der Waals surface area contributed by atoms with E-state index in [9.17, 15) is 9.90 Å². The van der Waals surface area contributed by atoms with E-state index in [4.69, 9.17) is 0 Å². The third-order valence-electron chi connectivity index (χ3n) is 4.00. The van der Waals surface area contributed by atoms with Crippen molar-refractivity contribution in [3.8, 4) is 5.75 Å². The third kappa shape index (κ3) is 2.48. The van der Waals surface area contributed by atoms with E-state index >= 15 is 0 Å². The number of aryl methyl sites for hydroxylation is 1. The number of phenols is 1. The van der Waals surface area contributed by atoms with Crippen LogP contribution >= 0.6 is 0 Å². The maximum atomic E-state index is 12.0. The molecule has 0 radical (unpaired) electrons. The molecular formula is C18H18N2O2. The van der Waals surface area contributed by atoms with Crippen LogP contribution in [-0.4, -0.2) is 21.7 Å². The summed E-state index contributed by atoms with van der Waals surface area (Å²) in [4.78, 5) is 12.0. The minimum Gasteiger partial charge on any atom is -0.507 e. The van der Waals surface area contributed by atoms with Crippen molar-refractivity contribution < 1.29 is 9.90 Å². The van der Waals surface area contributed by atoms with Gasteiger partial charge in [-0.3, -0.25) is 4.79 Å². The standard InChI is InChI=1S/C18H18N2O2/c1-12-7-3-4-8-14(12)17-11-16(19-20(17)13(2)21)15-9-5-6-10-18(15)22/h3-10,17,22H,11H2,1-2H3. The molecule has 0 bridgehead atoms. The molecular weight excluding hydrogens is 276 g/mol. The number of amides is 1. The number of hydrogen-bond donors (Lipinski definition) is 1. The number of benzene rings is 2. The molecule has 2 aromatic carbocycles. The average Bonchev–Trinajstić information content (AvgIpc) is 2.93. The molecule has 0 fully saturated rings. The van der Waals surface area contributed by atoms with Crippen LogP contribution in [0.1, 0.15) is 36.1 Å². The molecule has 112 valence electrons. The number of hydrogen-bond acceptors (Lipinski definition) is 3. The molecule has 1 N–H and O–H groups in total. The summed E-state index contributed by atoms with van der Waals surface area (Å²) in [6.45, 7) is 3.55. The molecule has 1 unspecified atom stereocenters. The number of para-hydroxylation sites is 1. The van der Waals surface area contributed by atoms with Crippen molar-refractivity contribution in [2.24, 2.45) is 5.10 Å². The number of aromatic hydroxyl groups is 1. The van der Waals surface area contributed by atoms with Crippen LogP contribution in [0.3, 0.4) is 0 Å². The van der Waals surface area contributed by atoms with E-state index in [0.29, 0.717) is 12.0 Å². The zero-order valence-electron chi connectivity index (χ0n) is 12.7. The van der Waals surface area contributed by atoms with Gasteiger partial charge < -0.3 is 5.11 Å². The van der Waals surface area contributed by atoms with Gasteiger partial charge >= 0.3 is 0 Å². The molecule has 2 aromatic rings. The highest BCUT2D eigenvalue weighted by Crippen LogP contribution is 2.35. The molecule has 0 aromatic heterocycles. The van der Waals surface area contributed by atoms with Crippen molar-refractivity contribution in [1.29, 1.82) is 0 Å². The van der Waals surface area contributed by atoms with Gasteiger partial charge in [-0.05, 0) is 30.2 Å². The summed E-state index contributed by atoms with van der Waals surface area (Å²) < 4.78 is 0. The Balaban J connectivity index is 2.01. The first-order valence-corrected chi connectivity index (χ1v) is 7.29. The van der Waals surface area contributed by atoms with Gasteiger partial charge in [-0.2, -0.15) is 5.10 Å². The third-order valence-corrected chi connectivity index (χ3v) is 4.00. The van der Waals surface area contributed by atoms with Crippen molar-refractivity contribution in [2.45, 2.75) is 26.3 Å². The van der Waals surface area contributed by atoms with Gasteiger partial charge in [-0.15, -0.1) is 0 Å². The maximum absolute atomic E-state index is 12.0. The lowest BCUT2D eigenvalue weighted by atomic mass is 9.95. The lowest BCUT2D eigenvalue weighted by Crippen LogP contribution is -2.24. The highest BCUT2D eigenvalue weighted by Gasteiger charge is 2.32. The van der Waals surface area contributed by atoms with Gasteiger partial charge in [0.05, 0.1) is 11.8 Å². The lowest BCUT2D eigenvalue weighted by Gasteiger charge is -2.22. The molecule has 0 aliphatic carbocycles. The van der Waals surface area contributed by atoms with Gasteiger partial charge in [0.25, 0.3) is 0 Å². The Hall–Kier alpha value is -2.62. The SMILES string of the molecule is CC(=O)N1N=C(c2ccccc2O)CC1c1ccccc1C. The second-order valence-corrected chi connectivity index (χ2v) is 5.50. The number of nitrogens with zero attached hydrogens (tertiary/aromatic N) is 2. The molecule has 1 aliphatic rings. The molecule has 0 spiro atoms. The first-order valence-electron chi connectivity index (χ1n) is 7.29. The molecule has 1 amide bonds. The summed E-state index contributed by atoms with van der Waals surface area (Å²) in [5.41, 5.74) is 3.64. The Kier molecular flexibility index (Phi) is 3.67. The summed E-state index contributed by atoms with van der Waals surface area (Å²) in [5, 5.41) is 16.0. The van der Waals surface area contributed by atoms with E-state index in [-0.39, 0.29) is 17.7 Å². The van der Waals surface area contributed by atoms with Crippen LogP contribution in [0, 0.1) is 6.92 Å². The number of carbonyl (C=O) groups excluding carboxylic acids is 1. The van der Waals surface area contributed by atoms with Gasteiger partial charge in [0.1, 0.15) is 5.75 Å². The molecule has 1 atom stereocenters. The Morgan fingerprint density at radius 2 is 1.86 bits per heavy atom. The van der Waals surface area contributed by atoms with E-state index in [0.717, 1.165) is 16.8 Å². The largest absolute Gasteiger partial charge is 0.507 e. The highest BCUT2D eigenvalue weighted by atomic mass is 16.3. The van der Waals surface area contributed by atoms with E-state index in [1.165, 1.54) is 11.9 Å². The van der Waals surface area contributed by atoms with Gasteiger partial charge in [0.15, 0.2) is 0 Å². The van der Waals surface area contributed by atoms with Crippen molar-refractivity contribution >= 4 is 11.6 Å². The molecule has 1 aliphatic heterocycles. The van der Waals surface area contributed by atoms with Crippen molar-refractivity contribution in [2.75, 3.05) is 0 Å². The van der Waals surface area contributed by atoms with E-state index < -0.39 is 0 Å². The van der Waals surface area contributed by atoms with Gasteiger partial charge in [0.2, 0.25) is 5.91 Å². The van der Waals surface area contributed by atoms with Crippen LogP contribution in [0.2, 0.25) is 0 Å². The van der Waals surface area contributed by atoms with E-state index in [1.54, 1.807) is 12.1 Å². The number of hydrazone groups is 1. The topological polar surface area (TPSA) is 52.9 Å². The lowest BCUT2D eigenvalue weighted by molar-refractivity contribution is -0.130. The summed E-state index contributed by atoms with van der Waals surface area (Å²) in [6, 6.07) is 15.0. The van der Waals surface area contributed by atoms with Crippen LogP contribution < -0.4 is 0 Å². The van der Waals surface area contributed by atoms with Crippen LogP contribution in [-0.2, 0) is 4.79 Å². The zero-order valence-corrected chi connectivity index (χ0v) is 12.7. The minimum absolute atomic E-state index is 0.0985. The first kappa shape index (κ1) is 14.3. The fourth-order valence-corrected chi connectivity index (χ4v) is 2.88. The Labute approximate surface area is 129 Å². The van der Waals surface area contributed by atoms with Gasteiger partial charge in [0, 0.05) is 18.9 Å². The molecule has 22 heavy (non-hydrogen) atoms. The van der Waals surface area contributed by atoms with Crippen molar-refractivity contribution in [3.05, 3.63) is 65.2 Å². The van der Waals surface area contributed by atoms with E-state index in [2.05, 4.69) is 5.10 Å². The normalized spacial score (nSPS) is 17.5. The van der Waals surface area contributed by atoms with Gasteiger partial charge in [-0.25, -0.2) is 5.01 Å².